The fourth-order valence-corrected chi connectivity index (χ4v) is 1.43. The van der Waals surface area contributed by atoms with Crippen LogP contribution in [0.2, 0.25) is 0 Å². The number of hydrogen-bond acceptors (Lipinski definition) is 1. The van der Waals surface area contributed by atoms with E-state index in [0.717, 1.165) is 12.0 Å². The molecule has 1 aromatic carbocycles. The summed E-state index contributed by atoms with van der Waals surface area (Å²) in [5.74, 6) is 0.423. The number of phenolic OH excluding ortho intramolecular Hbond substituents is 1. The van der Waals surface area contributed by atoms with Crippen LogP contribution in [-0.4, -0.2) is 5.11 Å². The Labute approximate surface area is 94.2 Å². The fourth-order valence-electron chi connectivity index (χ4n) is 1.43. The molecule has 1 rings (SSSR count). The van der Waals surface area contributed by atoms with Crippen molar-refractivity contribution < 1.29 is 5.11 Å². The normalized spacial score (nSPS) is 10.5. The molecule has 0 radical (unpaired) electrons. The molecular formula is C14H24O. The van der Waals surface area contributed by atoms with Gasteiger partial charge in [0.15, 0.2) is 0 Å². The number of benzene rings is 1. The van der Waals surface area contributed by atoms with Crippen LogP contribution in [0.15, 0.2) is 18.2 Å². The highest BCUT2D eigenvalue weighted by molar-refractivity contribution is 5.40. The van der Waals surface area contributed by atoms with Crippen LogP contribution in [0.1, 0.15) is 52.7 Å². The molecule has 0 heterocycles. The highest BCUT2D eigenvalue weighted by atomic mass is 16.3. The highest BCUT2D eigenvalue weighted by Gasteiger charge is 2.17. The molecular weight excluding hydrogens is 184 g/mol. The van der Waals surface area contributed by atoms with Crippen LogP contribution in [0.25, 0.3) is 0 Å². The van der Waals surface area contributed by atoms with Gasteiger partial charge in [-0.1, -0.05) is 53.7 Å². The number of phenols is 1. The van der Waals surface area contributed by atoms with E-state index in [9.17, 15) is 5.11 Å². The lowest BCUT2D eigenvalue weighted by molar-refractivity contribution is 0.446. The molecule has 0 aromatic heterocycles. The molecule has 1 N–H and O–H groups in total. The van der Waals surface area contributed by atoms with Gasteiger partial charge in [-0.25, -0.2) is 0 Å². The number of aryl methyl sites for hydroxylation is 1. The lowest BCUT2D eigenvalue weighted by Crippen LogP contribution is -2.11. The van der Waals surface area contributed by atoms with Crippen molar-refractivity contribution in [1.29, 1.82) is 0 Å². The minimum Gasteiger partial charge on any atom is -0.508 e. The van der Waals surface area contributed by atoms with E-state index in [4.69, 9.17) is 0 Å². The van der Waals surface area contributed by atoms with Crippen LogP contribution in [0.4, 0.5) is 0 Å². The smallest absolute Gasteiger partial charge is 0.119 e. The van der Waals surface area contributed by atoms with E-state index < -0.39 is 0 Å². The average Bonchev–Trinajstić information content (AvgIpc) is 2.18. The first-order valence-electron chi connectivity index (χ1n) is 5.77. The average molecular weight is 208 g/mol. The summed E-state index contributed by atoms with van der Waals surface area (Å²) in [4.78, 5) is 0. The van der Waals surface area contributed by atoms with E-state index in [1.807, 2.05) is 26.0 Å². The molecule has 0 amide bonds. The zero-order valence-corrected chi connectivity index (χ0v) is 10.9. The largest absolute Gasteiger partial charge is 0.508 e. The van der Waals surface area contributed by atoms with Gasteiger partial charge >= 0.3 is 0 Å². The third-order valence-electron chi connectivity index (χ3n) is 2.28. The van der Waals surface area contributed by atoms with Crippen molar-refractivity contribution in [2.24, 2.45) is 0 Å². The van der Waals surface area contributed by atoms with Crippen LogP contribution < -0.4 is 0 Å². The first-order chi connectivity index (χ1) is 6.95. The van der Waals surface area contributed by atoms with Crippen molar-refractivity contribution in [2.45, 2.75) is 53.4 Å². The van der Waals surface area contributed by atoms with E-state index in [-0.39, 0.29) is 5.41 Å². The summed E-state index contributed by atoms with van der Waals surface area (Å²) < 4.78 is 0. The Kier molecular flexibility index (Phi) is 5.41. The molecule has 0 aliphatic carbocycles. The Morgan fingerprint density at radius 2 is 1.67 bits per heavy atom. The number of aromatic hydroxyl groups is 1. The van der Waals surface area contributed by atoms with Gasteiger partial charge in [-0.2, -0.15) is 0 Å². The summed E-state index contributed by atoms with van der Waals surface area (Å²) in [5, 5.41) is 9.76. The van der Waals surface area contributed by atoms with Crippen molar-refractivity contribution in [3.8, 4) is 5.75 Å². The van der Waals surface area contributed by atoms with Gasteiger partial charge in [0.05, 0.1) is 0 Å². The SMILES string of the molecule is CC.CCc1ccc(C(C)(C)C)c(O)c1. The van der Waals surface area contributed by atoms with E-state index >= 15 is 0 Å². The molecule has 1 aromatic rings. The summed E-state index contributed by atoms with van der Waals surface area (Å²) in [6, 6.07) is 5.97. The third-order valence-corrected chi connectivity index (χ3v) is 2.28. The van der Waals surface area contributed by atoms with Gasteiger partial charge < -0.3 is 5.11 Å². The van der Waals surface area contributed by atoms with Gasteiger partial charge in [0, 0.05) is 0 Å². The predicted molar refractivity (Wildman–Crippen MR) is 67.5 cm³/mol. The molecule has 0 saturated carbocycles. The maximum atomic E-state index is 9.76. The Hall–Kier alpha value is -0.980. The number of hydrogen-bond donors (Lipinski definition) is 1. The maximum absolute atomic E-state index is 9.76. The van der Waals surface area contributed by atoms with Crippen LogP contribution in [-0.2, 0) is 11.8 Å². The summed E-state index contributed by atoms with van der Waals surface area (Å²) in [5.41, 5.74) is 2.23. The van der Waals surface area contributed by atoms with Gasteiger partial charge in [0.1, 0.15) is 5.75 Å². The van der Waals surface area contributed by atoms with Crippen molar-refractivity contribution in [3.63, 3.8) is 0 Å². The van der Waals surface area contributed by atoms with Crippen LogP contribution >= 0.6 is 0 Å². The van der Waals surface area contributed by atoms with Crippen LogP contribution in [0.5, 0.6) is 5.75 Å². The lowest BCUT2D eigenvalue weighted by Gasteiger charge is -2.20. The highest BCUT2D eigenvalue weighted by Crippen LogP contribution is 2.30. The second-order valence-electron chi connectivity index (χ2n) is 4.46. The quantitative estimate of drug-likeness (QED) is 0.730. The van der Waals surface area contributed by atoms with Gasteiger partial charge in [-0.05, 0) is 29.0 Å². The lowest BCUT2D eigenvalue weighted by atomic mass is 9.86. The van der Waals surface area contributed by atoms with Crippen LogP contribution in [0, 0.1) is 0 Å². The topological polar surface area (TPSA) is 20.2 Å². The molecule has 0 spiro atoms. The predicted octanol–water partition coefficient (Wildman–Crippen LogP) is 4.28. The first-order valence-corrected chi connectivity index (χ1v) is 5.77. The van der Waals surface area contributed by atoms with Gasteiger partial charge in [-0.15, -0.1) is 0 Å². The standard InChI is InChI=1S/C12H18O.C2H6/c1-5-9-6-7-10(11(13)8-9)12(2,3)4;1-2/h6-8,13H,5H2,1-4H3;1-2H3. The molecule has 15 heavy (non-hydrogen) atoms. The van der Waals surface area contributed by atoms with E-state index in [2.05, 4.69) is 33.8 Å². The second-order valence-corrected chi connectivity index (χ2v) is 4.46. The fraction of sp³-hybridized carbons (Fsp3) is 0.571. The minimum absolute atomic E-state index is 0.0242. The zero-order valence-electron chi connectivity index (χ0n) is 10.9. The van der Waals surface area contributed by atoms with Crippen molar-refractivity contribution in [2.75, 3.05) is 0 Å². The molecule has 0 aliphatic rings. The Morgan fingerprint density at radius 1 is 1.13 bits per heavy atom. The van der Waals surface area contributed by atoms with E-state index in [0.29, 0.717) is 5.75 Å². The molecule has 0 saturated heterocycles. The van der Waals surface area contributed by atoms with Crippen molar-refractivity contribution in [3.05, 3.63) is 29.3 Å². The summed E-state index contributed by atoms with van der Waals surface area (Å²) in [6.07, 6.45) is 0.970. The molecule has 0 fully saturated rings. The van der Waals surface area contributed by atoms with Crippen LogP contribution in [0.3, 0.4) is 0 Å². The molecule has 1 heteroatoms. The summed E-state index contributed by atoms with van der Waals surface area (Å²) >= 11 is 0. The summed E-state index contributed by atoms with van der Waals surface area (Å²) in [7, 11) is 0. The Morgan fingerprint density at radius 3 is 2.00 bits per heavy atom. The van der Waals surface area contributed by atoms with Gasteiger partial charge in [0.25, 0.3) is 0 Å². The molecule has 86 valence electrons. The van der Waals surface area contributed by atoms with E-state index in [1.165, 1.54) is 5.56 Å². The second kappa shape index (κ2) is 5.79. The number of rotatable bonds is 1. The Bertz CT molecular complexity index is 295. The monoisotopic (exact) mass is 208 g/mol. The first kappa shape index (κ1) is 14.0. The van der Waals surface area contributed by atoms with E-state index in [1.54, 1.807) is 0 Å². The summed E-state index contributed by atoms with van der Waals surface area (Å²) in [6.45, 7) is 12.4. The molecule has 0 atom stereocenters. The third kappa shape index (κ3) is 3.94. The van der Waals surface area contributed by atoms with Gasteiger partial charge in [-0.3, -0.25) is 0 Å². The Balaban J connectivity index is 0.000000921. The van der Waals surface area contributed by atoms with Crippen molar-refractivity contribution >= 4 is 0 Å². The molecule has 0 bridgehead atoms. The van der Waals surface area contributed by atoms with Gasteiger partial charge in [0.2, 0.25) is 0 Å². The zero-order chi connectivity index (χ0) is 12.1. The molecule has 0 unspecified atom stereocenters. The minimum atomic E-state index is 0.0242. The van der Waals surface area contributed by atoms with Crippen molar-refractivity contribution in [1.82, 2.24) is 0 Å². The molecule has 1 nitrogen and oxygen atoms in total. The molecule has 0 aliphatic heterocycles. The maximum Gasteiger partial charge on any atom is 0.119 e.